The standard InChI is InChI=1S/C30H34FN9O3S/c1-18-3-10-25(28-27(18)35-43-36-28)44(41,42)37-24-9-4-19(15-23(24)31)22-16-40(30-26(22)29(32)33-17-34-30)21-7-5-20(6-8-21)39-13-11-38(2)12-14-39/h3-4,9-10,15-17,20-21,37H,5-8,11-14H2,1-2H3,(H2,32,33,34). The van der Waals surface area contributed by atoms with Gasteiger partial charge in [-0.25, -0.2) is 27.4 Å². The quantitative estimate of drug-likeness (QED) is 0.283. The zero-order chi connectivity index (χ0) is 30.6. The Balaban J connectivity index is 1.16. The van der Waals surface area contributed by atoms with E-state index in [1.165, 1.54) is 24.5 Å². The number of hydrogen-bond donors (Lipinski definition) is 2. The summed E-state index contributed by atoms with van der Waals surface area (Å²) in [7, 11) is -2.02. The predicted molar refractivity (Wildman–Crippen MR) is 165 cm³/mol. The number of anilines is 2. The van der Waals surface area contributed by atoms with E-state index in [9.17, 15) is 8.42 Å². The second-order valence-corrected chi connectivity index (χ2v) is 13.5. The van der Waals surface area contributed by atoms with E-state index in [1.54, 1.807) is 19.1 Å². The van der Waals surface area contributed by atoms with Crippen LogP contribution in [0.3, 0.4) is 0 Å². The van der Waals surface area contributed by atoms with Crippen LogP contribution < -0.4 is 10.5 Å². The van der Waals surface area contributed by atoms with Gasteiger partial charge in [-0.3, -0.25) is 9.62 Å². The topological polar surface area (TPSA) is 148 Å². The van der Waals surface area contributed by atoms with Crippen molar-refractivity contribution >= 4 is 43.6 Å². The lowest BCUT2D eigenvalue weighted by molar-refractivity contribution is 0.0828. The monoisotopic (exact) mass is 619 g/mol. The Morgan fingerprint density at radius 1 is 0.977 bits per heavy atom. The SMILES string of the molecule is Cc1ccc(S(=O)(=O)Nc2ccc(-c3cn(C4CCC(N5CCN(C)CC5)CC4)c4ncnc(N)c34)cc2F)c2nonc12. The van der Waals surface area contributed by atoms with Gasteiger partial charge in [0.1, 0.15) is 34.0 Å². The average Bonchev–Trinajstić information content (AvgIpc) is 3.66. The molecule has 230 valence electrons. The largest absolute Gasteiger partial charge is 0.383 e. The molecule has 0 amide bonds. The van der Waals surface area contributed by atoms with E-state index in [4.69, 9.17) is 10.4 Å². The predicted octanol–water partition coefficient (Wildman–Crippen LogP) is 4.20. The minimum absolute atomic E-state index is 0.0791. The molecule has 1 saturated carbocycles. The number of nitrogens with two attached hydrogens (primary N) is 1. The number of piperazine rings is 1. The summed E-state index contributed by atoms with van der Waals surface area (Å²) in [6.07, 6.45) is 7.66. The number of aromatic nitrogens is 5. The summed E-state index contributed by atoms with van der Waals surface area (Å²) in [5.74, 6) is -0.429. The van der Waals surface area contributed by atoms with Gasteiger partial charge in [0.15, 0.2) is 5.52 Å². The minimum atomic E-state index is -4.20. The van der Waals surface area contributed by atoms with Crippen molar-refractivity contribution in [3.63, 3.8) is 0 Å². The van der Waals surface area contributed by atoms with Crippen LogP contribution in [0, 0.1) is 12.7 Å². The molecule has 44 heavy (non-hydrogen) atoms. The molecule has 1 aliphatic carbocycles. The third kappa shape index (κ3) is 5.06. The third-order valence-electron chi connectivity index (χ3n) is 9.15. The number of nitrogens with one attached hydrogen (secondary N) is 1. The van der Waals surface area contributed by atoms with Crippen LogP contribution in [0.1, 0.15) is 37.3 Å². The molecule has 0 bridgehead atoms. The molecule has 4 heterocycles. The Morgan fingerprint density at radius 3 is 2.45 bits per heavy atom. The second kappa shape index (κ2) is 11.1. The molecule has 3 aromatic heterocycles. The fourth-order valence-corrected chi connectivity index (χ4v) is 7.84. The van der Waals surface area contributed by atoms with Crippen molar-refractivity contribution in [3.05, 3.63) is 54.2 Å². The normalized spacial score (nSPS) is 20.4. The van der Waals surface area contributed by atoms with E-state index in [0.29, 0.717) is 45.1 Å². The Kier molecular flexibility index (Phi) is 7.22. The highest BCUT2D eigenvalue weighted by atomic mass is 32.2. The first kappa shape index (κ1) is 28.6. The number of nitrogen functional groups attached to an aromatic ring is 1. The van der Waals surface area contributed by atoms with Gasteiger partial charge in [0, 0.05) is 50.0 Å². The lowest BCUT2D eigenvalue weighted by Gasteiger charge is -2.41. The van der Waals surface area contributed by atoms with Crippen molar-refractivity contribution in [2.75, 3.05) is 43.7 Å². The zero-order valence-electron chi connectivity index (χ0n) is 24.6. The molecule has 3 N–H and O–H groups in total. The highest BCUT2D eigenvalue weighted by molar-refractivity contribution is 7.93. The minimum Gasteiger partial charge on any atom is -0.383 e. The van der Waals surface area contributed by atoms with Crippen LogP contribution in [0.25, 0.3) is 33.2 Å². The van der Waals surface area contributed by atoms with E-state index < -0.39 is 15.8 Å². The number of sulfonamides is 1. The molecule has 0 spiro atoms. The summed E-state index contributed by atoms with van der Waals surface area (Å²) in [4.78, 5) is 13.6. The first-order chi connectivity index (χ1) is 21.2. The number of nitrogens with zero attached hydrogens (tertiary/aromatic N) is 7. The molecule has 0 radical (unpaired) electrons. The zero-order valence-corrected chi connectivity index (χ0v) is 25.4. The Hall–Kier alpha value is -4.14. The van der Waals surface area contributed by atoms with Crippen LogP contribution in [0.4, 0.5) is 15.9 Å². The lowest BCUT2D eigenvalue weighted by atomic mass is 9.89. The Bertz CT molecular complexity index is 1960. The first-order valence-corrected chi connectivity index (χ1v) is 16.3. The summed E-state index contributed by atoms with van der Waals surface area (Å²) < 4.78 is 51.3. The molecule has 0 atom stereocenters. The third-order valence-corrected chi connectivity index (χ3v) is 10.5. The number of halogens is 1. The van der Waals surface area contributed by atoms with Crippen molar-refractivity contribution in [1.82, 2.24) is 34.6 Å². The summed E-state index contributed by atoms with van der Waals surface area (Å²) in [5.41, 5.74) is 9.22. The van der Waals surface area contributed by atoms with Gasteiger partial charge in [-0.15, -0.1) is 0 Å². The fourth-order valence-electron chi connectivity index (χ4n) is 6.64. The van der Waals surface area contributed by atoms with Crippen molar-refractivity contribution < 1.29 is 17.4 Å². The number of likely N-dealkylation sites (N-methyl/N-ethyl adjacent to an activating group) is 1. The van der Waals surface area contributed by atoms with Gasteiger partial charge in [-0.05, 0) is 79.3 Å². The van der Waals surface area contributed by atoms with Gasteiger partial charge in [0.05, 0.1) is 11.1 Å². The van der Waals surface area contributed by atoms with E-state index in [2.05, 4.69) is 46.4 Å². The molecule has 1 aliphatic heterocycles. The summed E-state index contributed by atoms with van der Waals surface area (Å²) in [6, 6.07) is 8.18. The second-order valence-electron chi connectivity index (χ2n) is 11.9. The summed E-state index contributed by atoms with van der Waals surface area (Å²) in [6.45, 7) is 6.19. The summed E-state index contributed by atoms with van der Waals surface area (Å²) >= 11 is 0. The molecule has 2 aliphatic rings. The molecule has 7 rings (SSSR count). The van der Waals surface area contributed by atoms with Crippen LogP contribution in [0.5, 0.6) is 0 Å². The molecule has 2 aromatic carbocycles. The number of aryl methyl sites for hydroxylation is 1. The highest BCUT2D eigenvalue weighted by Gasteiger charge is 2.30. The number of benzene rings is 2. The number of hydrogen-bond acceptors (Lipinski definition) is 10. The van der Waals surface area contributed by atoms with Crippen LogP contribution in [-0.4, -0.2) is 82.3 Å². The highest BCUT2D eigenvalue weighted by Crippen LogP contribution is 2.40. The fraction of sp³-hybridized carbons (Fsp3) is 0.400. The van der Waals surface area contributed by atoms with Gasteiger partial charge in [-0.2, -0.15) is 0 Å². The average molecular weight is 620 g/mol. The maximum absolute atomic E-state index is 15.6. The smallest absolute Gasteiger partial charge is 0.264 e. The van der Waals surface area contributed by atoms with E-state index in [-0.39, 0.29) is 22.1 Å². The van der Waals surface area contributed by atoms with Crippen LogP contribution in [-0.2, 0) is 10.0 Å². The van der Waals surface area contributed by atoms with E-state index in [0.717, 1.165) is 51.9 Å². The van der Waals surface area contributed by atoms with Crippen molar-refractivity contribution in [2.45, 2.75) is 49.6 Å². The van der Waals surface area contributed by atoms with Gasteiger partial charge in [-0.1, -0.05) is 12.1 Å². The van der Waals surface area contributed by atoms with Gasteiger partial charge >= 0.3 is 0 Å². The molecule has 1 saturated heterocycles. The maximum Gasteiger partial charge on any atom is 0.264 e. The Labute approximate surface area is 254 Å². The first-order valence-electron chi connectivity index (χ1n) is 14.8. The van der Waals surface area contributed by atoms with Crippen LogP contribution in [0.2, 0.25) is 0 Å². The van der Waals surface area contributed by atoms with Gasteiger partial charge < -0.3 is 15.2 Å². The number of fused-ring (bicyclic) bond motifs is 2. The van der Waals surface area contributed by atoms with E-state index in [1.807, 2.05) is 6.20 Å². The van der Waals surface area contributed by atoms with Crippen LogP contribution in [0.15, 0.2) is 52.4 Å². The molecule has 12 nitrogen and oxygen atoms in total. The van der Waals surface area contributed by atoms with Crippen LogP contribution >= 0.6 is 0 Å². The van der Waals surface area contributed by atoms with E-state index >= 15 is 4.39 Å². The molecule has 14 heteroatoms. The molecular weight excluding hydrogens is 585 g/mol. The number of rotatable bonds is 6. The molecular formula is C30H34FN9O3S. The lowest BCUT2D eigenvalue weighted by Crippen LogP contribution is -2.49. The van der Waals surface area contributed by atoms with Crippen molar-refractivity contribution in [1.29, 1.82) is 0 Å². The van der Waals surface area contributed by atoms with Gasteiger partial charge in [0.2, 0.25) is 0 Å². The van der Waals surface area contributed by atoms with Crippen molar-refractivity contribution in [2.24, 2.45) is 0 Å². The van der Waals surface area contributed by atoms with Crippen molar-refractivity contribution in [3.8, 4) is 11.1 Å². The Morgan fingerprint density at radius 2 is 1.70 bits per heavy atom. The van der Waals surface area contributed by atoms with Gasteiger partial charge in [0.25, 0.3) is 10.0 Å². The summed E-state index contributed by atoms with van der Waals surface area (Å²) in [5, 5.41) is 8.18. The maximum atomic E-state index is 15.6. The molecule has 2 fully saturated rings. The molecule has 5 aromatic rings. The molecule has 0 unspecified atom stereocenters.